The van der Waals surface area contributed by atoms with Crippen molar-refractivity contribution in [1.82, 2.24) is 9.96 Å². The van der Waals surface area contributed by atoms with Crippen molar-refractivity contribution < 1.29 is 50.5 Å². The highest BCUT2D eigenvalue weighted by molar-refractivity contribution is 7.91. The number of hydrogen-bond acceptors (Lipinski definition) is 9. The Morgan fingerprint density at radius 1 is 1.00 bits per heavy atom. The first-order valence-corrected chi connectivity index (χ1v) is 13.4. The summed E-state index contributed by atoms with van der Waals surface area (Å²) in [5.74, 6) is -1.06. The molecule has 1 amide bonds. The summed E-state index contributed by atoms with van der Waals surface area (Å²) in [7, 11) is -3.92. The fraction of sp³-hybridized carbons (Fsp3) is 0.458. The summed E-state index contributed by atoms with van der Waals surface area (Å²) in [5.41, 5.74) is 0. The van der Waals surface area contributed by atoms with Crippen LogP contribution in [0.5, 0.6) is 17.2 Å². The summed E-state index contributed by atoms with van der Waals surface area (Å²) in [6.45, 7) is 2.31. The summed E-state index contributed by atoms with van der Waals surface area (Å²) in [6, 6.07) is 9.13. The molecule has 2 fully saturated rings. The second-order valence-electron chi connectivity index (χ2n) is 8.92. The molecule has 2 aliphatic rings. The van der Waals surface area contributed by atoms with E-state index in [1.165, 1.54) is 36.4 Å². The van der Waals surface area contributed by atoms with Crippen molar-refractivity contribution in [2.75, 3.05) is 38.6 Å². The van der Waals surface area contributed by atoms with Gasteiger partial charge in [0.1, 0.15) is 17.2 Å². The van der Waals surface area contributed by atoms with Gasteiger partial charge in [0.2, 0.25) is 6.41 Å². The van der Waals surface area contributed by atoms with Crippen LogP contribution in [0.1, 0.15) is 12.8 Å². The van der Waals surface area contributed by atoms with Gasteiger partial charge in [-0.1, -0.05) is 0 Å². The van der Waals surface area contributed by atoms with Crippen molar-refractivity contribution in [1.29, 1.82) is 0 Å². The Morgan fingerprint density at radius 3 is 2.05 bits per heavy atom. The van der Waals surface area contributed by atoms with Gasteiger partial charge < -0.3 is 23.8 Å². The molecule has 2 aromatic rings. The second-order valence-corrected chi connectivity index (χ2v) is 11.0. The first kappa shape index (κ1) is 28.1. The van der Waals surface area contributed by atoms with E-state index in [-0.39, 0.29) is 29.3 Å². The van der Waals surface area contributed by atoms with E-state index < -0.39 is 39.5 Å². The predicted molar refractivity (Wildman–Crippen MR) is 125 cm³/mol. The number of nitrogens with zero attached hydrogens (tertiary/aromatic N) is 2. The first-order valence-electron chi connectivity index (χ1n) is 11.8. The smallest absolute Gasteiger partial charge is 0.457 e. The Labute approximate surface area is 217 Å². The summed E-state index contributed by atoms with van der Waals surface area (Å²) in [6.07, 6.45) is -3.44. The van der Waals surface area contributed by atoms with Crippen LogP contribution in [0.25, 0.3) is 0 Å². The molecule has 1 unspecified atom stereocenters. The molecule has 14 heteroatoms. The zero-order valence-corrected chi connectivity index (χ0v) is 21.0. The number of ether oxygens (including phenoxy) is 4. The Balaban J connectivity index is 1.36. The van der Waals surface area contributed by atoms with Crippen molar-refractivity contribution in [2.45, 2.75) is 35.9 Å². The Hall–Kier alpha value is -2.91. The predicted octanol–water partition coefficient (Wildman–Crippen LogP) is 3.21. The van der Waals surface area contributed by atoms with Crippen LogP contribution in [0, 0.1) is 0 Å². The zero-order valence-electron chi connectivity index (χ0n) is 20.2. The van der Waals surface area contributed by atoms with E-state index in [0.717, 1.165) is 12.1 Å². The van der Waals surface area contributed by atoms with Crippen molar-refractivity contribution in [2.24, 2.45) is 0 Å². The van der Waals surface area contributed by atoms with E-state index in [0.29, 0.717) is 44.2 Å². The molecular formula is C24H27F3N2O8S. The van der Waals surface area contributed by atoms with E-state index in [1.807, 2.05) is 4.90 Å². The van der Waals surface area contributed by atoms with Gasteiger partial charge >= 0.3 is 6.36 Å². The van der Waals surface area contributed by atoms with Crippen LogP contribution in [-0.2, 0) is 24.1 Å². The maximum Gasteiger partial charge on any atom is 0.573 e. The van der Waals surface area contributed by atoms with E-state index >= 15 is 0 Å². The third-order valence-corrected chi connectivity index (χ3v) is 8.08. The number of hydroxylamine groups is 2. The number of sulfone groups is 1. The Kier molecular flexibility index (Phi) is 8.47. The minimum absolute atomic E-state index is 0.0478. The maximum absolute atomic E-state index is 13.1. The van der Waals surface area contributed by atoms with Crippen molar-refractivity contribution >= 4 is 16.2 Å². The minimum Gasteiger partial charge on any atom is -0.457 e. The normalized spacial score (nSPS) is 18.7. The molecule has 0 radical (unpaired) electrons. The van der Waals surface area contributed by atoms with Gasteiger partial charge in [-0.05, 0) is 48.5 Å². The molecule has 208 valence electrons. The highest BCUT2D eigenvalue weighted by Crippen LogP contribution is 2.32. The van der Waals surface area contributed by atoms with E-state index in [1.54, 1.807) is 0 Å². The molecule has 0 saturated carbocycles. The molecule has 10 nitrogen and oxygen atoms in total. The molecule has 38 heavy (non-hydrogen) atoms. The first-order chi connectivity index (χ1) is 18.0. The van der Waals surface area contributed by atoms with E-state index in [2.05, 4.69) is 4.74 Å². The number of halogens is 3. The van der Waals surface area contributed by atoms with Gasteiger partial charge in [0.05, 0.1) is 29.9 Å². The third-order valence-electron chi connectivity index (χ3n) is 6.27. The number of carbonyl (C=O) groups is 1. The molecule has 1 atom stereocenters. The molecule has 0 bridgehead atoms. The van der Waals surface area contributed by atoms with Gasteiger partial charge in [-0.15, -0.1) is 13.2 Å². The molecule has 2 saturated heterocycles. The van der Waals surface area contributed by atoms with Crippen LogP contribution in [0.4, 0.5) is 13.2 Å². The van der Waals surface area contributed by atoms with Gasteiger partial charge in [0.15, 0.2) is 15.6 Å². The van der Waals surface area contributed by atoms with Crippen LogP contribution >= 0.6 is 0 Å². The van der Waals surface area contributed by atoms with Crippen molar-refractivity contribution in [3.8, 4) is 17.2 Å². The number of rotatable bonds is 10. The van der Waals surface area contributed by atoms with Gasteiger partial charge in [-0.2, -0.15) is 0 Å². The number of carbonyl (C=O) groups excluding carboxylic acids is 1. The van der Waals surface area contributed by atoms with Crippen LogP contribution in [0.3, 0.4) is 0 Å². The Bertz CT molecular complexity index is 1180. The molecule has 1 N–H and O–H groups in total. The lowest BCUT2D eigenvalue weighted by molar-refractivity contribution is -0.274. The molecule has 2 aromatic carbocycles. The van der Waals surface area contributed by atoms with Gasteiger partial charge in [-0.3, -0.25) is 10.0 Å². The second kappa shape index (κ2) is 11.5. The average molecular weight is 561 g/mol. The molecular weight excluding hydrogens is 533 g/mol. The molecule has 2 aliphatic heterocycles. The summed E-state index contributed by atoms with van der Waals surface area (Å²) in [4.78, 5) is 13.2. The van der Waals surface area contributed by atoms with E-state index in [9.17, 15) is 31.6 Å². The van der Waals surface area contributed by atoms with Gasteiger partial charge in [-0.25, -0.2) is 13.5 Å². The van der Waals surface area contributed by atoms with E-state index in [4.69, 9.17) is 14.2 Å². The molecule has 0 aliphatic carbocycles. The number of likely N-dealkylation sites (tertiary alicyclic amines) is 1. The number of alkyl halides is 3. The summed E-state index contributed by atoms with van der Waals surface area (Å²) in [5, 5.41) is 10.5. The maximum atomic E-state index is 13.1. The topological polar surface area (TPSA) is 115 Å². The number of amides is 1. The fourth-order valence-electron chi connectivity index (χ4n) is 4.37. The number of hydrogen-bond donors (Lipinski definition) is 1. The highest BCUT2D eigenvalue weighted by atomic mass is 32.2. The monoisotopic (exact) mass is 560 g/mol. The van der Waals surface area contributed by atoms with Crippen LogP contribution in [0.2, 0.25) is 0 Å². The van der Waals surface area contributed by atoms with Crippen LogP contribution in [-0.4, -0.2) is 86.8 Å². The molecule has 2 heterocycles. The quantitative estimate of drug-likeness (QED) is 0.266. The van der Waals surface area contributed by atoms with Crippen LogP contribution < -0.4 is 9.47 Å². The fourth-order valence-corrected chi connectivity index (χ4v) is 5.88. The standard InChI is InChI=1S/C24H27F3N2O8S/c25-24(26,27)37-21-3-1-19(2-4-21)36-20-5-7-22(8-6-20)38(32,33)16-18(29(31)17-30)15-28-11-9-23(10-12-28)34-13-14-35-23/h1-8,17-18,31H,9-16H2. The minimum atomic E-state index is -4.81. The summed E-state index contributed by atoms with van der Waals surface area (Å²) >= 11 is 0. The van der Waals surface area contributed by atoms with Gasteiger partial charge in [0.25, 0.3) is 0 Å². The van der Waals surface area contributed by atoms with Crippen LogP contribution in [0.15, 0.2) is 53.4 Å². The average Bonchev–Trinajstić information content (AvgIpc) is 3.33. The molecule has 0 aromatic heterocycles. The lowest BCUT2D eigenvalue weighted by Gasteiger charge is -2.39. The molecule has 1 spiro atoms. The number of piperidine rings is 1. The third kappa shape index (κ3) is 7.35. The van der Waals surface area contributed by atoms with Crippen molar-refractivity contribution in [3.05, 3.63) is 48.5 Å². The lowest BCUT2D eigenvalue weighted by atomic mass is 10.0. The lowest BCUT2D eigenvalue weighted by Crippen LogP contribution is -2.51. The van der Waals surface area contributed by atoms with Crippen molar-refractivity contribution in [3.63, 3.8) is 0 Å². The SMILES string of the molecule is O=CN(O)C(CN1CCC2(CC1)OCCO2)CS(=O)(=O)c1ccc(Oc2ccc(OC(F)(F)F)cc2)cc1. The number of benzene rings is 2. The molecule has 4 rings (SSSR count). The Morgan fingerprint density at radius 2 is 1.53 bits per heavy atom. The summed E-state index contributed by atoms with van der Waals surface area (Å²) < 4.78 is 83.8. The highest BCUT2D eigenvalue weighted by Gasteiger charge is 2.40. The zero-order chi connectivity index (χ0) is 27.4. The largest absolute Gasteiger partial charge is 0.573 e. The van der Waals surface area contributed by atoms with Gasteiger partial charge in [0, 0.05) is 32.5 Å².